The number of benzene rings is 2. The number of carbonyl (C=O) groups excluding carboxylic acids is 4. The molecular formula is C49H59FN10O6. The van der Waals surface area contributed by atoms with Crippen LogP contribution in [-0.4, -0.2) is 112 Å². The summed E-state index contributed by atoms with van der Waals surface area (Å²) in [6.45, 7) is 14.0. The molecule has 1 saturated carbocycles. The third-order valence-electron chi connectivity index (χ3n) is 13.5. The first-order valence-electron chi connectivity index (χ1n) is 23.2. The number of hydrogen-bond donors (Lipinski definition) is 2. The number of piperazine rings is 1. The Bertz CT molecular complexity index is 2510. The average molecular weight is 903 g/mol. The summed E-state index contributed by atoms with van der Waals surface area (Å²) in [5, 5.41) is 5.53. The standard InChI is InChI=1S/C49H59FN10O6/c1-30-28-57(18-19-58(30)38-22-33(23-38)7-6-32-8-12-37(13-9-32)59-17-15-42(61)55-47(59)63)43(62)24-34-10-11-36(25-39(34)50)53-46-52-26-35-14-16-56(29-40(35)54-46)41-27-51-45-44(31(41)2)60(20-21-65-45)48(64)66-49(3,4)5/h8-13,25-27,30,33,38H,6-7,14-24,28-29H2,1-5H3,(H,52,53,54)(H,55,61,63)/t30-,33?,38?/m0/s1. The van der Waals surface area contributed by atoms with E-state index >= 15 is 4.39 Å². The summed E-state index contributed by atoms with van der Waals surface area (Å²) in [5.41, 5.74) is 6.39. The van der Waals surface area contributed by atoms with Gasteiger partial charge in [0.25, 0.3) is 0 Å². The number of fused-ring (bicyclic) bond motifs is 2. The number of hydrogen-bond acceptors (Lipinski definition) is 12. The zero-order chi connectivity index (χ0) is 46.3. The van der Waals surface area contributed by atoms with E-state index < -0.39 is 17.5 Å². The predicted octanol–water partition coefficient (Wildman–Crippen LogP) is 6.69. The van der Waals surface area contributed by atoms with E-state index in [1.807, 2.05) is 44.7 Å². The molecule has 2 N–H and O–H groups in total. The number of rotatable bonds is 10. The van der Waals surface area contributed by atoms with Gasteiger partial charge in [-0.25, -0.2) is 28.9 Å². The number of urea groups is 1. The van der Waals surface area contributed by atoms with Crippen molar-refractivity contribution < 1.29 is 33.0 Å². The summed E-state index contributed by atoms with van der Waals surface area (Å²) in [6.07, 6.45) is 8.49. The van der Waals surface area contributed by atoms with Crippen molar-refractivity contribution in [2.75, 3.05) is 65.9 Å². The Balaban J connectivity index is 0.744. The number of ether oxygens (including phenoxy) is 2. The molecule has 1 atom stereocenters. The van der Waals surface area contributed by atoms with Gasteiger partial charge in [-0.1, -0.05) is 18.2 Å². The number of aromatic nitrogens is 3. The second-order valence-corrected chi connectivity index (χ2v) is 19.2. The van der Waals surface area contributed by atoms with Crippen LogP contribution in [0.1, 0.15) is 81.3 Å². The first kappa shape index (κ1) is 44.8. The van der Waals surface area contributed by atoms with Crippen LogP contribution < -0.4 is 30.1 Å². The molecule has 66 heavy (non-hydrogen) atoms. The number of anilines is 5. The number of carbonyl (C=O) groups is 4. The zero-order valence-electron chi connectivity index (χ0n) is 38.4. The van der Waals surface area contributed by atoms with E-state index in [0.29, 0.717) is 99.4 Å². The lowest BCUT2D eigenvalue weighted by Gasteiger charge is -2.50. The number of nitrogens with zero attached hydrogens (tertiary/aromatic N) is 8. The largest absolute Gasteiger partial charge is 0.474 e. The molecule has 348 valence electrons. The van der Waals surface area contributed by atoms with Crippen LogP contribution in [0.5, 0.6) is 5.88 Å². The highest BCUT2D eigenvalue weighted by atomic mass is 19.1. The normalized spacial score (nSPS) is 21.0. The Morgan fingerprint density at radius 1 is 0.985 bits per heavy atom. The van der Waals surface area contributed by atoms with Gasteiger partial charge in [0.05, 0.1) is 37.1 Å². The maximum Gasteiger partial charge on any atom is 0.415 e. The Labute approximate surface area is 384 Å². The van der Waals surface area contributed by atoms with E-state index in [0.717, 1.165) is 60.4 Å². The summed E-state index contributed by atoms with van der Waals surface area (Å²) in [5.74, 6) is 0.606. The van der Waals surface area contributed by atoms with E-state index in [1.165, 1.54) is 11.6 Å². The minimum atomic E-state index is -0.648. The predicted molar refractivity (Wildman–Crippen MR) is 248 cm³/mol. The molecule has 5 aliphatic rings. The van der Waals surface area contributed by atoms with Crippen molar-refractivity contribution in [3.05, 3.63) is 88.6 Å². The van der Waals surface area contributed by atoms with Crippen LogP contribution in [0.15, 0.2) is 54.9 Å². The van der Waals surface area contributed by atoms with Crippen LogP contribution in [-0.2, 0) is 40.1 Å². The van der Waals surface area contributed by atoms with Crippen LogP contribution in [0, 0.1) is 18.7 Å². The molecule has 5 amide bonds. The molecule has 2 aromatic heterocycles. The Morgan fingerprint density at radius 3 is 2.53 bits per heavy atom. The maximum atomic E-state index is 15.6. The molecule has 16 nitrogen and oxygen atoms in total. The lowest BCUT2D eigenvalue weighted by Crippen LogP contribution is -2.59. The summed E-state index contributed by atoms with van der Waals surface area (Å²) >= 11 is 0. The number of amides is 5. The van der Waals surface area contributed by atoms with Crippen LogP contribution in [0.4, 0.5) is 42.7 Å². The number of pyridine rings is 1. The van der Waals surface area contributed by atoms with Crippen molar-refractivity contribution in [1.29, 1.82) is 0 Å². The molecule has 0 bridgehead atoms. The molecule has 17 heteroatoms. The number of aryl methyl sites for hydroxylation is 1. The van der Waals surface area contributed by atoms with E-state index in [2.05, 4.69) is 49.5 Å². The van der Waals surface area contributed by atoms with Crippen molar-refractivity contribution in [2.45, 2.75) is 104 Å². The summed E-state index contributed by atoms with van der Waals surface area (Å²) in [7, 11) is 0. The third-order valence-corrected chi connectivity index (χ3v) is 13.5. The molecule has 4 aromatic rings. The van der Waals surface area contributed by atoms with Gasteiger partial charge < -0.3 is 24.6 Å². The molecule has 4 aliphatic heterocycles. The van der Waals surface area contributed by atoms with Gasteiger partial charge in [-0.2, -0.15) is 0 Å². The summed E-state index contributed by atoms with van der Waals surface area (Å²) < 4.78 is 27.1. The van der Waals surface area contributed by atoms with Gasteiger partial charge in [0.15, 0.2) is 0 Å². The van der Waals surface area contributed by atoms with E-state index in [9.17, 15) is 19.2 Å². The van der Waals surface area contributed by atoms with Crippen LogP contribution in [0.3, 0.4) is 0 Å². The fourth-order valence-electron chi connectivity index (χ4n) is 9.86. The first-order chi connectivity index (χ1) is 31.7. The van der Waals surface area contributed by atoms with Crippen LogP contribution >= 0.6 is 0 Å². The second kappa shape index (κ2) is 18.5. The van der Waals surface area contributed by atoms with Crippen LogP contribution in [0.25, 0.3) is 0 Å². The highest BCUT2D eigenvalue weighted by Crippen LogP contribution is 2.40. The number of halogens is 1. The highest BCUT2D eigenvalue weighted by molar-refractivity contribution is 6.05. The molecule has 2 saturated heterocycles. The van der Waals surface area contributed by atoms with E-state index in [1.54, 1.807) is 34.3 Å². The van der Waals surface area contributed by atoms with Crippen molar-refractivity contribution in [1.82, 2.24) is 30.1 Å². The zero-order valence-corrected chi connectivity index (χ0v) is 38.4. The number of nitrogens with one attached hydrogen (secondary N) is 2. The second-order valence-electron chi connectivity index (χ2n) is 19.2. The maximum absolute atomic E-state index is 15.6. The van der Waals surface area contributed by atoms with Crippen molar-refractivity contribution >= 4 is 52.6 Å². The molecular weight excluding hydrogens is 844 g/mol. The molecule has 2 aromatic carbocycles. The summed E-state index contributed by atoms with van der Waals surface area (Å²) in [6, 6.07) is 13.2. The minimum absolute atomic E-state index is 0.0139. The Hall–Kier alpha value is -6.36. The van der Waals surface area contributed by atoms with Gasteiger partial charge in [0.2, 0.25) is 23.6 Å². The fraction of sp³-hybridized carbons (Fsp3) is 0.490. The van der Waals surface area contributed by atoms with Gasteiger partial charge in [-0.15, -0.1) is 0 Å². The minimum Gasteiger partial charge on any atom is -0.474 e. The van der Waals surface area contributed by atoms with Crippen molar-refractivity contribution in [2.24, 2.45) is 5.92 Å². The monoisotopic (exact) mass is 902 g/mol. The highest BCUT2D eigenvalue weighted by Gasteiger charge is 2.39. The smallest absolute Gasteiger partial charge is 0.415 e. The van der Waals surface area contributed by atoms with Gasteiger partial charge in [-0.3, -0.25) is 29.6 Å². The SMILES string of the molecule is Cc1c(N2CCc3cnc(Nc4ccc(CC(=O)N5CCN(C6CC(CCc7ccc(N8CCC(=O)NC8=O)cc7)C6)[C@@H](C)C5)c(F)c4)nc3C2)cnc2c1N(C(=O)OC(C)(C)C)CCO2. The molecule has 3 fully saturated rings. The average Bonchev–Trinajstić information content (AvgIpc) is 3.26. The lowest BCUT2D eigenvalue weighted by atomic mass is 9.75. The Morgan fingerprint density at radius 2 is 1.79 bits per heavy atom. The fourth-order valence-corrected chi connectivity index (χ4v) is 9.86. The summed E-state index contributed by atoms with van der Waals surface area (Å²) in [4.78, 5) is 74.1. The molecule has 0 radical (unpaired) electrons. The van der Waals surface area contributed by atoms with Gasteiger partial charge in [0.1, 0.15) is 23.7 Å². The lowest BCUT2D eigenvalue weighted by molar-refractivity contribution is -0.134. The van der Waals surface area contributed by atoms with Crippen LogP contribution in [0.2, 0.25) is 0 Å². The number of imide groups is 1. The van der Waals surface area contributed by atoms with E-state index in [4.69, 9.17) is 14.5 Å². The third kappa shape index (κ3) is 9.76. The van der Waals surface area contributed by atoms with Crippen molar-refractivity contribution in [3.8, 4) is 5.88 Å². The van der Waals surface area contributed by atoms with E-state index in [-0.39, 0.29) is 30.3 Å². The first-order valence-corrected chi connectivity index (χ1v) is 23.2. The topological polar surface area (TPSA) is 166 Å². The molecule has 9 rings (SSSR count). The van der Waals surface area contributed by atoms with Gasteiger partial charge in [-0.05, 0) is 114 Å². The van der Waals surface area contributed by atoms with Gasteiger partial charge in [0, 0.05) is 74.4 Å². The molecule has 1 aliphatic carbocycles. The molecule has 0 unspecified atom stereocenters. The van der Waals surface area contributed by atoms with Crippen molar-refractivity contribution in [3.63, 3.8) is 0 Å². The van der Waals surface area contributed by atoms with Gasteiger partial charge >= 0.3 is 12.1 Å². The Kier molecular flexibility index (Phi) is 12.6. The quantitative estimate of drug-likeness (QED) is 0.174. The molecule has 6 heterocycles. The molecule has 0 spiro atoms.